The molecule has 9 nitrogen and oxygen atoms in total. The Hall–Kier alpha value is -4.01. The van der Waals surface area contributed by atoms with Crippen molar-refractivity contribution in [2.45, 2.75) is 30.0 Å². The van der Waals surface area contributed by atoms with E-state index in [-0.39, 0.29) is 17.1 Å². The van der Waals surface area contributed by atoms with Crippen molar-refractivity contribution < 1.29 is 45.0 Å². The van der Waals surface area contributed by atoms with Crippen molar-refractivity contribution in [3.05, 3.63) is 89.2 Å². The highest BCUT2D eigenvalue weighted by molar-refractivity contribution is 7.89. The van der Waals surface area contributed by atoms with E-state index in [4.69, 9.17) is 9.47 Å². The number of amides is 1. The number of fused-ring (bicyclic) bond motifs is 1. The van der Waals surface area contributed by atoms with E-state index in [0.717, 1.165) is 46.3 Å². The zero-order valence-corrected chi connectivity index (χ0v) is 24.2. The summed E-state index contributed by atoms with van der Waals surface area (Å²) in [6, 6.07) is 13.4. The summed E-state index contributed by atoms with van der Waals surface area (Å²) in [5, 5.41) is 2.42. The van der Waals surface area contributed by atoms with Crippen LogP contribution in [0.15, 0.2) is 71.6 Å². The van der Waals surface area contributed by atoms with Crippen LogP contribution in [0.25, 0.3) is 0 Å². The molecule has 2 aliphatic heterocycles. The van der Waals surface area contributed by atoms with Crippen LogP contribution in [0.5, 0.6) is 0 Å². The zero-order chi connectivity index (χ0) is 31.5. The van der Waals surface area contributed by atoms with Gasteiger partial charge in [-0.1, -0.05) is 24.3 Å². The molecule has 44 heavy (non-hydrogen) atoms. The summed E-state index contributed by atoms with van der Waals surface area (Å²) in [7, 11) is -4.15. The van der Waals surface area contributed by atoms with E-state index < -0.39 is 58.5 Å². The summed E-state index contributed by atoms with van der Waals surface area (Å²) in [5.41, 5.74) is 0.737. The molecular weight excluding hydrogens is 606 g/mol. The standard InChI is InChI=1S/C30H29F4N3O6S/c31-22-6-8-23(9-7-22)44(40,41)37-12-11-20-3-1-2-4-24(20)27(37)18-29(39)43-19-28(38)35-25-17-21(30(32,33)34)5-10-26(25)36-13-15-42-16-14-36/h1-10,17,27H,11-16,18-19H2,(H,35,38). The number of rotatable bonds is 8. The van der Waals surface area contributed by atoms with E-state index in [1.54, 1.807) is 23.1 Å². The molecule has 1 N–H and O–H groups in total. The number of hydrogen-bond acceptors (Lipinski definition) is 7. The molecule has 1 amide bonds. The first-order chi connectivity index (χ1) is 20.9. The summed E-state index contributed by atoms with van der Waals surface area (Å²) in [6.45, 7) is 0.785. The van der Waals surface area contributed by atoms with Gasteiger partial charge in [0.2, 0.25) is 10.0 Å². The number of hydrogen-bond donors (Lipinski definition) is 1. The Bertz CT molecular complexity index is 1630. The van der Waals surface area contributed by atoms with E-state index in [0.29, 0.717) is 44.0 Å². The fraction of sp³-hybridized carbons (Fsp3) is 0.333. The lowest BCUT2D eigenvalue weighted by Crippen LogP contribution is -2.41. The topological polar surface area (TPSA) is 105 Å². The Kier molecular flexibility index (Phi) is 9.23. The van der Waals surface area contributed by atoms with Crippen LogP contribution in [0, 0.1) is 5.82 Å². The van der Waals surface area contributed by atoms with Crippen molar-refractivity contribution in [3.8, 4) is 0 Å². The molecular formula is C30H29F4N3O6S. The molecule has 3 aromatic rings. The maximum atomic E-state index is 13.5. The number of morpholine rings is 1. The number of halogens is 4. The van der Waals surface area contributed by atoms with E-state index in [9.17, 15) is 35.6 Å². The number of nitrogens with zero attached hydrogens (tertiary/aromatic N) is 2. The minimum Gasteiger partial charge on any atom is -0.456 e. The average Bonchev–Trinajstić information content (AvgIpc) is 3.00. The Morgan fingerprint density at radius 1 is 0.977 bits per heavy atom. The average molecular weight is 636 g/mol. The molecule has 0 spiro atoms. The summed E-state index contributed by atoms with van der Waals surface area (Å²) in [4.78, 5) is 27.4. The normalized spacial score (nSPS) is 17.5. The van der Waals surface area contributed by atoms with Gasteiger partial charge in [0.1, 0.15) is 5.82 Å². The molecule has 1 unspecified atom stereocenters. The second-order valence-electron chi connectivity index (χ2n) is 10.3. The number of sulfonamides is 1. The Labute approximate surface area is 251 Å². The third-order valence-electron chi connectivity index (χ3n) is 7.46. The first kappa shape index (κ1) is 31.4. The molecule has 5 rings (SSSR count). The van der Waals surface area contributed by atoms with Crippen molar-refractivity contribution in [2.24, 2.45) is 0 Å². The van der Waals surface area contributed by atoms with Crippen LogP contribution >= 0.6 is 0 Å². The van der Waals surface area contributed by atoms with Gasteiger partial charge in [0.05, 0.1) is 47.5 Å². The van der Waals surface area contributed by atoms with Crippen LogP contribution in [0.3, 0.4) is 0 Å². The lowest BCUT2D eigenvalue weighted by atomic mass is 9.92. The summed E-state index contributed by atoms with van der Waals surface area (Å²) in [5.74, 6) is -2.36. The van der Waals surface area contributed by atoms with Gasteiger partial charge in [0, 0.05) is 19.6 Å². The van der Waals surface area contributed by atoms with Crippen LogP contribution < -0.4 is 10.2 Å². The molecule has 0 saturated carbocycles. The third-order valence-corrected chi connectivity index (χ3v) is 9.38. The number of alkyl halides is 3. The van der Waals surface area contributed by atoms with E-state index in [2.05, 4.69) is 5.32 Å². The quantitative estimate of drug-likeness (QED) is 0.286. The van der Waals surface area contributed by atoms with Gasteiger partial charge >= 0.3 is 12.1 Å². The Morgan fingerprint density at radius 2 is 1.68 bits per heavy atom. The first-order valence-electron chi connectivity index (χ1n) is 13.8. The van der Waals surface area contributed by atoms with Crippen LogP contribution in [-0.2, 0) is 41.7 Å². The molecule has 1 atom stereocenters. The maximum Gasteiger partial charge on any atom is 0.416 e. The molecule has 234 valence electrons. The number of ether oxygens (including phenoxy) is 2. The Balaban J connectivity index is 1.31. The van der Waals surface area contributed by atoms with Crippen LogP contribution in [0.1, 0.15) is 29.2 Å². The SMILES string of the molecule is O=C(COC(=O)CC1c2ccccc2CCN1S(=O)(=O)c1ccc(F)cc1)Nc1cc(C(F)(F)F)ccc1N1CCOCC1. The number of carbonyl (C=O) groups excluding carboxylic acids is 2. The summed E-state index contributed by atoms with van der Waals surface area (Å²) < 4.78 is 92.4. The minimum atomic E-state index is -4.65. The van der Waals surface area contributed by atoms with Gasteiger partial charge in [-0.25, -0.2) is 12.8 Å². The summed E-state index contributed by atoms with van der Waals surface area (Å²) >= 11 is 0. The molecule has 1 fully saturated rings. The smallest absolute Gasteiger partial charge is 0.416 e. The van der Waals surface area contributed by atoms with Gasteiger partial charge in [0.15, 0.2) is 6.61 Å². The highest BCUT2D eigenvalue weighted by Gasteiger charge is 2.38. The highest BCUT2D eigenvalue weighted by atomic mass is 32.2. The second-order valence-corrected chi connectivity index (χ2v) is 12.2. The van der Waals surface area contributed by atoms with Gasteiger partial charge in [-0.05, 0) is 60.0 Å². The lowest BCUT2D eigenvalue weighted by Gasteiger charge is -2.36. The van der Waals surface area contributed by atoms with E-state index in [1.165, 1.54) is 6.07 Å². The Morgan fingerprint density at radius 3 is 2.39 bits per heavy atom. The number of anilines is 2. The van der Waals surface area contributed by atoms with E-state index in [1.807, 2.05) is 6.07 Å². The summed E-state index contributed by atoms with van der Waals surface area (Å²) in [6.07, 6.45) is -4.70. The molecule has 0 radical (unpaired) electrons. The van der Waals surface area contributed by atoms with Gasteiger partial charge in [-0.2, -0.15) is 17.5 Å². The highest BCUT2D eigenvalue weighted by Crippen LogP contribution is 2.37. The molecule has 2 heterocycles. The van der Waals surface area contributed by atoms with Crippen molar-refractivity contribution in [2.75, 3.05) is 49.7 Å². The minimum absolute atomic E-state index is 0.0506. The molecule has 3 aromatic carbocycles. The monoisotopic (exact) mass is 635 g/mol. The van der Waals surface area contributed by atoms with Gasteiger partial charge in [0.25, 0.3) is 5.91 Å². The maximum absolute atomic E-state index is 13.5. The van der Waals surface area contributed by atoms with E-state index >= 15 is 0 Å². The van der Waals surface area contributed by atoms with Gasteiger partial charge in [-0.15, -0.1) is 0 Å². The van der Waals surface area contributed by atoms with Crippen LogP contribution in [0.4, 0.5) is 28.9 Å². The van der Waals surface area contributed by atoms with Crippen molar-refractivity contribution in [3.63, 3.8) is 0 Å². The molecule has 14 heteroatoms. The van der Waals surface area contributed by atoms with Gasteiger partial charge < -0.3 is 19.7 Å². The number of benzene rings is 3. The van der Waals surface area contributed by atoms with Gasteiger partial charge in [-0.3, -0.25) is 9.59 Å². The fourth-order valence-corrected chi connectivity index (χ4v) is 6.92. The number of carbonyl (C=O) groups is 2. The van der Waals surface area contributed by atoms with Crippen molar-refractivity contribution in [1.29, 1.82) is 0 Å². The predicted octanol–water partition coefficient (Wildman–Crippen LogP) is 4.54. The molecule has 2 aliphatic rings. The first-order valence-corrected chi connectivity index (χ1v) is 15.2. The van der Waals surface area contributed by atoms with Crippen LogP contribution in [0.2, 0.25) is 0 Å². The third kappa shape index (κ3) is 7.03. The lowest BCUT2D eigenvalue weighted by molar-refractivity contribution is -0.148. The molecule has 0 aromatic heterocycles. The fourth-order valence-electron chi connectivity index (χ4n) is 5.31. The molecule has 1 saturated heterocycles. The molecule has 0 bridgehead atoms. The van der Waals surface area contributed by atoms with Crippen molar-refractivity contribution >= 4 is 33.3 Å². The van der Waals surface area contributed by atoms with Crippen LogP contribution in [-0.4, -0.2) is 64.1 Å². The predicted molar refractivity (Wildman–Crippen MR) is 152 cm³/mol. The largest absolute Gasteiger partial charge is 0.456 e. The molecule has 0 aliphatic carbocycles. The zero-order valence-electron chi connectivity index (χ0n) is 23.3. The number of nitrogens with one attached hydrogen (secondary N) is 1. The second kappa shape index (κ2) is 12.9. The van der Waals surface area contributed by atoms with Crippen molar-refractivity contribution in [1.82, 2.24) is 4.31 Å². The number of esters is 1.